The van der Waals surface area contributed by atoms with Gasteiger partial charge in [0.05, 0.1) is 36.3 Å². The number of carbonyl (C=O) groups is 1. The number of methoxy groups -OCH3 is 2. The monoisotopic (exact) mass is 561 g/mol. The molecule has 0 radical (unpaired) electrons. The summed E-state index contributed by atoms with van der Waals surface area (Å²) in [6.07, 6.45) is 4.04. The van der Waals surface area contributed by atoms with Gasteiger partial charge in [-0.25, -0.2) is 4.98 Å². The van der Waals surface area contributed by atoms with E-state index in [4.69, 9.17) is 19.2 Å². The maximum Gasteiger partial charge on any atom is 0.229 e. The fraction of sp³-hybridized carbons (Fsp3) is 0.367. The van der Waals surface area contributed by atoms with Gasteiger partial charge in [0.1, 0.15) is 23.9 Å². The molecule has 0 aliphatic heterocycles. The highest BCUT2D eigenvalue weighted by molar-refractivity contribution is 5.96. The lowest BCUT2D eigenvalue weighted by Crippen LogP contribution is -2.29. The molecule has 41 heavy (non-hydrogen) atoms. The number of hydrogen-bond acceptors (Lipinski definition) is 9. The zero-order chi connectivity index (χ0) is 29.4. The standard InChI is InChI=1S/C30H39N7O4/c1-7-29(38)32-23-19-24(27(40-6)20-26(23)36(4)15-14-35(2)3)33-30-31-12-10-28(34-30)37-13-11-21-18-22(8-9-25(21)37)41-17-16-39-5/h8-13,18-20H,7,14-17H2,1-6H3,(H,32,38)(H,31,33,34). The Morgan fingerprint density at radius 3 is 2.56 bits per heavy atom. The summed E-state index contributed by atoms with van der Waals surface area (Å²) < 4.78 is 18.5. The van der Waals surface area contributed by atoms with E-state index < -0.39 is 0 Å². The summed E-state index contributed by atoms with van der Waals surface area (Å²) in [6, 6.07) is 13.6. The molecule has 0 atom stereocenters. The third-order valence-corrected chi connectivity index (χ3v) is 6.56. The number of nitrogens with one attached hydrogen (secondary N) is 2. The normalized spacial score (nSPS) is 11.1. The molecule has 2 aromatic carbocycles. The van der Waals surface area contributed by atoms with Crippen molar-refractivity contribution in [1.82, 2.24) is 19.4 Å². The summed E-state index contributed by atoms with van der Waals surface area (Å²) in [5, 5.41) is 7.35. The van der Waals surface area contributed by atoms with Crippen LogP contribution in [-0.4, -0.2) is 87.0 Å². The van der Waals surface area contributed by atoms with E-state index in [1.165, 1.54) is 0 Å². The van der Waals surface area contributed by atoms with Crippen LogP contribution in [0, 0.1) is 0 Å². The van der Waals surface area contributed by atoms with Crippen molar-refractivity contribution in [3.8, 4) is 17.3 Å². The molecule has 11 nitrogen and oxygen atoms in total. The number of fused-ring (bicyclic) bond motifs is 1. The lowest BCUT2D eigenvalue weighted by molar-refractivity contribution is -0.115. The molecule has 2 N–H and O–H groups in total. The molecule has 218 valence electrons. The molecule has 0 spiro atoms. The summed E-state index contributed by atoms with van der Waals surface area (Å²) in [5.41, 5.74) is 3.16. The van der Waals surface area contributed by atoms with Crippen LogP contribution in [0.3, 0.4) is 0 Å². The summed E-state index contributed by atoms with van der Waals surface area (Å²) in [7, 11) is 9.32. The second-order valence-electron chi connectivity index (χ2n) is 9.81. The highest BCUT2D eigenvalue weighted by Crippen LogP contribution is 2.38. The average molecular weight is 562 g/mol. The molecule has 0 unspecified atom stereocenters. The third-order valence-electron chi connectivity index (χ3n) is 6.56. The van der Waals surface area contributed by atoms with Gasteiger partial charge in [0.25, 0.3) is 0 Å². The first-order chi connectivity index (χ1) is 19.8. The molecular weight excluding hydrogens is 522 g/mol. The zero-order valence-corrected chi connectivity index (χ0v) is 24.6. The fourth-order valence-electron chi connectivity index (χ4n) is 4.28. The smallest absolute Gasteiger partial charge is 0.229 e. The van der Waals surface area contributed by atoms with Crippen molar-refractivity contribution in [3.05, 3.63) is 54.9 Å². The van der Waals surface area contributed by atoms with E-state index in [-0.39, 0.29) is 5.91 Å². The van der Waals surface area contributed by atoms with E-state index in [9.17, 15) is 4.79 Å². The first-order valence-electron chi connectivity index (χ1n) is 13.5. The number of benzene rings is 2. The van der Waals surface area contributed by atoms with E-state index in [2.05, 4.69) is 25.4 Å². The largest absolute Gasteiger partial charge is 0.494 e. The van der Waals surface area contributed by atoms with Gasteiger partial charge in [-0.1, -0.05) is 6.92 Å². The van der Waals surface area contributed by atoms with Gasteiger partial charge in [-0.15, -0.1) is 0 Å². The van der Waals surface area contributed by atoms with Crippen LogP contribution in [0.2, 0.25) is 0 Å². The Balaban J connectivity index is 1.63. The minimum absolute atomic E-state index is 0.0756. The average Bonchev–Trinajstić information content (AvgIpc) is 3.39. The topological polar surface area (TPSA) is 106 Å². The Hall–Kier alpha value is -4.35. The third kappa shape index (κ3) is 7.44. The van der Waals surface area contributed by atoms with Gasteiger partial charge in [0, 0.05) is 57.5 Å². The second kappa shape index (κ2) is 13.8. The first kappa shape index (κ1) is 29.6. The van der Waals surface area contributed by atoms with Crippen LogP contribution in [0.5, 0.6) is 11.5 Å². The molecule has 11 heteroatoms. The maximum atomic E-state index is 12.4. The number of rotatable bonds is 14. The SMILES string of the molecule is CCC(=O)Nc1cc(Nc2nccc(-n3ccc4cc(OCCOC)ccc43)n2)c(OC)cc1N(C)CCN(C)C. The molecule has 0 aliphatic carbocycles. The van der Waals surface area contributed by atoms with Crippen LogP contribution in [0.25, 0.3) is 16.7 Å². The molecule has 1 amide bonds. The van der Waals surface area contributed by atoms with Crippen molar-refractivity contribution in [1.29, 1.82) is 0 Å². The van der Waals surface area contributed by atoms with Crippen molar-refractivity contribution in [3.63, 3.8) is 0 Å². The van der Waals surface area contributed by atoms with E-state index in [0.29, 0.717) is 48.5 Å². The van der Waals surface area contributed by atoms with Crippen LogP contribution < -0.4 is 25.0 Å². The summed E-state index contributed by atoms with van der Waals surface area (Å²) in [4.78, 5) is 25.8. The van der Waals surface area contributed by atoms with E-state index in [1.807, 2.05) is 81.3 Å². The Morgan fingerprint density at radius 1 is 1.00 bits per heavy atom. The van der Waals surface area contributed by atoms with Crippen LogP contribution in [0.4, 0.5) is 23.0 Å². The molecule has 0 fully saturated rings. The Kier molecular flexibility index (Phi) is 9.99. The number of anilines is 4. The second-order valence-corrected chi connectivity index (χ2v) is 9.81. The first-order valence-corrected chi connectivity index (χ1v) is 13.5. The fourth-order valence-corrected chi connectivity index (χ4v) is 4.28. The molecule has 4 rings (SSSR count). The zero-order valence-electron chi connectivity index (χ0n) is 24.6. The minimum atomic E-state index is -0.0756. The van der Waals surface area contributed by atoms with Crippen molar-refractivity contribution in [2.24, 2.45) is 0 Å². The van der Waals surface area contributed by atoms with Crippen molar-refractivity contribution in [2.45, 2.75) is 13.3 Å². The Bertz CT molecular complexity index is 1470. The number of ether oxygens (including phenoxy) is 3. The van der Waals surface area contributed by atoms with Crippen molar-refractivity contribution >= 4 is 39.8 Å². The molecule has 0 bridgehead atoms. The molecule has 4 aromatic rings. The van der Waals surface area contributed by atoms with E-state index >= 15 is 0 Å². The summed E-state index contributed by atoms with van der Waals surface area (Å²) >= 11 is 0. The van der Waals surface area contributed by atoms with Crippen LogP contribution in [0.15, 0.2) is 54.9 Å². The van der Waals surface area contributed by atoms with E-state index in [0.717, 1.165) is 35.4 Å². The molecule has 0 saturated heterocycles. The highest BCUT2D eigenvalue weighted by atomic mass is 16.5. The number of nitrogens with zero attached hydrogens (tertiary/aromatic N) is 5. The lowest BCUT2D eigenvalue weighted by Gasteiger charge is -2.26. The van der Waals surface area contributed by atoms with Crippen LogP contribution in [0.1, 0.15) is 13.3 Å². The van der Waals surface area contributed by atoms with Gasteiger partial charge in [-0.2, -0.15) is 4.98 Å². The van der Waals surface area contributed by atoms with Crippen LogP contribution in [-0.2, 0) is 9.53 Å². The number of hydrogen-bond donors (Lipinski definition) is 2. The number of carbonyl (C=O) groups excluding carboxylic acids is 1. The predicted molar refractivity (Wildman–Crippen MR) is 163 cm³/mol. The number of aromatic nitrogens is 3. The predicted octanol–water partition coefficient (Wildman–Crippen LogP) is 4.54. The van der Waals surface area contributed by atoms with Crippen molar-refractivity contribution < 1.29 is 19.0 Å². The van der Waals surface area contributed by atoms with Gasteiger partial charge in [-0.3, -0.25) is 4.79 Å². The number of amides is 1. The van der Waals surface area contributed by atoms with Gasteiger partial charge in [0.2, 0.25) is 11.9 Å². The highest BCUT2D eigenvalue weighted by Gasteiger charge is 2.17. The summed E-state index contributed by atoms with van der Waals surface area (Å²) in [6.45, 7) is 4.48. The molecule has 2 heterocycles. The molecular formula is C30H39N7O4. The molecule has 2 aromatic heterocycles. The van der Waals surface area contributed by atoms with Gasteiger partial charge < -0.3 is 39.2 Å². The van der Waals surface area contributed by atoms with E-state index in [1.54, 1.807) is 20.4 Å². The lowest BCUT2D eigenvalue weighted by atomic mass is 10.2. The van der Waals surface area contributed by atoms with Gasteiger partial charge >= 0.3 is 0 Å². The molecule has 0 saturated carbocycles. The van der Waals surface area contributed by atoms with Crippen molar-refractivity contribution in [2.75, 3.05) is 77.2 Å². The quantitative estimate of drug-likeness (QED) is 0.215. The minimum Gasteiger partial charge on any atom is -0.494 e. The summed E-state index contributed by atoms with van der Waals surface area (Å²) in [5.74, 6) is 2.40. The van der Waals surface area contributed by atoms with Gasteiger partial charge in [-0.05, 0) is 50.5 Å². The maximum absolute atomic E-state index is 12.4. The van der Waals surface area contributed by atoms with Gasteiger partial charge in [0.15, 0.2) is 0 Å². The Labute approximate surface area is 241 Å². The number of likely N-dealkylation sites (N-methyl/N-ethyl adjacent to an activating group) is 2. The van der Waals surface area contributed by atoms with Crippen LogP contribution >= 0.6 is 0 Å². The Morgan fingerprint density at radius 2 is 1.83 bits per heavy atom. The molecule has 0 aliphatic rings.